The van der Waals surface area contributed by atoms with E-state index in [0.29, 0.717) is 11.1 Å². The highest BCUT2D eigenvalue weighted by molar-refractivity contribution is 5.36. The molecule has 0 aliphatic carbocycles. The summed E-state index contributed by atoms with van der Waals surface area (Å²) in [6.45, 7) is 0. The zero-order chi connectivity index (χ0) is 7.40. The number of nitrogens with zero attached hydrogens (tertiary/aromatic N) is 1. The van der Waals surface area contributed by atoms with Crippen LogP contribution in [0.25, 0.3) is 0 Å². The molecule has 46 valence electrons. The van der Waals surface area contributed by atoms with Crippen molar-refractivity contribution in [3.63, 3.8) is 0 Å². The molecule has 0 bridgehead atoms. The lowest BCUT2D eigenvalue weighted by Gasteiger charge is -2.04. The number of hydrogen-bond donors (Lipinski definition) is 0. The zero-order valence-corrected chi connectivity index (χ0v) is 5.18. The predicted octanol–water partition coefficient (Wildman–Crippen LogP) is 0.957. The third-order valence-corrected chi connectivity index (χ3v) is 1.03. The largest absolute Gasteiger partial charge is 0.366 e. The minimum Gasteiger partial charge on any atom is -0.366 e. The molecule has 10 heavy (non-hydrogen) atoms. The highest BCUT2D eigenvalue weighted by Crippen LogP contribution is 1.98. The molecule has 1 heterocycles. The smallest absolute Gasteiger partial charge is 0.0425 e. The van der Waals surface area contributed by atoms with Gasteiger partial charge in [0, 0.05) is 0 Å². The van der Waals surface area contributed by atoms with E-state index in [2.05, 4.69) is 16.8 Å². The van der Waals surface area contributed by atoms with Crippen molar-refractivity contribution in [3.05, 3.63) is 42.4 Å². The van der Waals surface area contributed by atoms with Crippen molar-refractivity contribution in [3.8, 4) is 11.8 Å². The molecule has 1 heteroatoms. The van der Waals surface area contributed by atoms with Crippen LogP contribution in [0.5, 0.6) is 0 Å². The molecular formula is C9H3N-2. The van der Waals surface area contributed by atoms with Gasteiger partial charge < -0.3 is 17.8 Å². The predicted molar refractivity (Wildman–Crippen MR) is 36.7 cm³/mol. The zero-order valence-electron chi connectivity index (χ0n) is 5.18. The second-order valence-electron chi connectivity index (χ2n) is 1.71. The fourth-order valence-corrected chi connectivity index (χ4v) is 0.577. The van der Waals surface area contributed by atoms with Gasteiger partial charge in [-0.3, -0.25) is 11.8 Å². The molecular weight excluding hydrogens is 122 g/mol. The molecule has 0 aromatic carbocycles. The normalized spacial score (nSPS) is 7.80. The summed E-state index contributed by atoms with van der Waals surface area (Å²) in [4.78, 5) is 3.76. The van der Waals surface area contributed by atoms with Crippen LogP contribution >= 0.6 is 0 Å². The highest BCUT2D eigenvalue weighted by atomic mass is 14.6. The van der Waals surface area contributed by atoms with E-state index in [4.69, 9.17) is 12.8 Å². The maximum Gasteiger partial charge on any atom is -0.0425 e. The first-order valence-corrected chi connectivity index (χ1v) is 2.67. The lowest BCUT2D eigenvalue weighted by atomic mass is 10.2. The Kier molecular flexibility index (Phi) is 1.73. The van der Waals surface area contributed by atoms with Crippen molar-refractivity contribution in [2.24, 2.45) is 0 Å². The fourth-order valence-electron chi connectivity index (χ4n) is 0.577. The molecule has 0 spiro atoms. The maximum atomic E-state index is 6.74. The second-order valence-corrected chi connectivity index (χ2v) is 1.71. The van der Waals surface area contributed by atoms with Crippen molar-refractivity contribution in [2.45, 2.75) is 0 Å². The molecule has 0 atom stereocenters. The molecule has 1 rings (SSSR count). The first-order valence-electron chi connectivity index (χ1n) is 2.67. The quantitative estimate of drug-likeness (QED) is 0.371. The Balaban J connectivity index is 3.17. The monoisotopic (exact) mass is 125 g/mol. The van der Waals surface area contributed by atoms with E-state index in [9.17, 15) is 0 Å². The number of pyridine rings is 1. The Bertz CT molecular complexity index is 283. The fraction of sp³-hybridized carbons (Fsp3) is 0. The summed E-state index contributed by atoms with van der Waals surface area (Å²) in [5.41, 5.74) is 1.13. The van der Waals surface area contributed by atoms with E-state index in [-0.39, 0.29) is 0 Å². The first kappa shape index (κ1) is 6.39. The van der Waals surface area contributed by atoms with Gasteiger partial charge in [-0.25, -0.2) is 0 Å². The summed E-state index contributed by atoms with van der Waals surface area (Å²) in [6, 6.07) is 1.62. The Morgan fingerprint density at radius 3 is 2.00 bits per heavy atom. The molecule has 1 nitrogen and oxygen atoms in total. The van der Waals surface area contributed by atoms with Crippen LogP contribution in [-0.4, -0.2) is 4.98 Å². The molecule has 0 N–H and O–H groups in total. The molecule has 0 saturated heterocycles. The van der Waals surface area contributed by atoms with Gasteiger partial charge in [-0.05, 0) is 12.4 Å². The van der Waals surface area contributed by atoms with Crippen LogP contribution in [0.15, 0.2) is 18.5 Å². The van der Waals surface area contributed by atoms with Crippen molar-refractivity contribution in [2.75, 3.05) is 0 Å². The summed E-state index contributed by atoms with van der Waals surface area (Å²) in [7, 11) is 0. The van der Waals surface area contributed by atoms with E-state index < -0.39 is 0 Å². The van der Waals surface area contributed by atoms with Crippen LogP contribution in [0.4, 0.5) is 0 Å². The molecule has 1 aromatic heterocycles. The minimum absolute atomic E-state index is 0.567. The van der Waals surface area contributed by atoms with Crippen molar-refractivity contribution in [1.29, 1.82) is 0 Å². The van der Waals surface area contributed by atoms with Gasteiger partial charge in [0.25, 0.3) is 0 Å². The van der Waals surface area contributed by atoms with Crippen molar-refractivity contribution in [1.82, 2.24) is 4.98 Å². The average Bonchev–Trinajstić information content (AvgIpc) is 2.05. The van der Waals surface area contributed by atoms with Gasteiger partial charge >= 0.3 is 0 Å². The van der Waals surface area contributed by atoms with Gasteiger partial charge in [0.05, 0.1) is 0 Å². The topological polar surface area (TPSA) is 12.9 Å². The third kappa shape index (κ3) is 1.16. The van der Waals surface area contributed by atoms with Crippen molar-refractivity contribution >= 4 is 0 Å². The Hall–Kier alpha value is -1.73. The van der Waals surface area contributed by atoms with Crippen LogP contribution in [0.3, 0.4) is 0 Å². The van der Waals surface area contributed by atoms with Gasteiger partial charge in [-0.1, -0.05) is 0 Å². The van der Waals surface area contributed by atoms with E-state index in [1.165, 1.54) is 12.4 Å². The van der Waals surface area contributed by atoms with E-state index >= 15 is 0 Å². The third-order valence-electron chi connectivity index (χ3n) is 1.03. The summed E-state index contributed by atoms with van der Waals surface area (Å²) < 4.78 is 0. The van der Waals surface area contributed by atoms with Crippen molar-refractivity contribution < 1.29 is 0 Å². The molecule has 0 radical (unpaired) electrons. The van der Waals surface area contributed by atoms with E-state index in [1.54, 1.807) is 6.07 Å². The minimum atomic E-state index is 0.567. The average molecular weight is 125 g/mol. The molecule has 1 aromatic rings. The molecule has 0 fully saturated rings. The Morgan fingerprint density at radius 1 is 1.10 bits per heavy atom. The lowest BCUT2D eigenvalue weighted by Crippen LogP contribution is -1.80. The van der Waals surface area contributed by atoms with E-state index in [1.807, 2.05) is 0 Å². The highest BCUT2D eigenvalue weighted by Gasteiger charge is 1.72. The maximum absolute atomic E-state index is 6.74. The summed E-state index contributed by atoms with van der Waals surface area (Å²) in [5.74, 6) is 4.33. The summed E-state index contributed by atoms with van der Waals surface area (Å²) in [6.07, 6.45) is 16.5. The van der Waals surface area contributed by atoms with Gasteiger partial charge in [0.2, 0.25) is 0 Å². The van der Waals surface area contributed by atoms with Crippen LogP contribution in [0, 0.1) is 24.7 Å². The molecule has 0 unspecified atom stereocenters. The van der Waals surface area contributed by atoms with Crippen LogP contribution < -0.4 is 0 Å². The second kappa shape index (κ2) is 2.71. The van der Waals surface area contributed by atoms with Crippen LogP contribution in [0.2, 0.25) is 0 Å². The Labute approximate surface area is 60.1 Å². The first-order chi connectivity index (χ1) is 4.86. The molecule has 0 aliphatic heterocycles. The number of hydrogen-bond acceptors (Lipinski definition) is 1. The number of rotatable bonds is 0. The number of aromatic nitrogens is 1. The van der Waals surface area contributed by atoms with Gasteiger partial charge in [-0.15, -0.1) is 11.1 Å². The standard InChI is InChI=1S/C9H3N/c1-3-8-5-9(4-2)7-10-6-8/h5-7H/q-2. The van der Waals surface area contributed by atoms with Crippen LogP contribution in [0.1, 0.15) is 11.1 Å². The van der Waals surface area contributed by atoms with Gasteiger partial charge in [0.1, 0.15) is 0 Å². The Morgan fingerprint density at radius 2 is 1.60 bits per heavy atom. The molecule has 0 saturated carbocycles. The summed E-state index contributed by atoms with van der Waals surface area (Å²) in [5, 5.41) is 0. The van der Waals surface area contributed by atoms with Crippen LogP contribution in [-0.2, 0) is 0 Å². The lowest BCUT2D eigenvalue weighted by molar-refractivity contribution is 1.30. The SMILES string of the molecule is [C-]#Cc1cncc(C#[C-])c1. The molecule has 0 aliphatic rings. The van der Waals surface area contributed by atoms with E-state index in [0.717, 1.165) is 0 Å². The van der Waals surface area contributed by atoms with Gasteiger partial charge in [-0.2, -0.15) is 6.07 Å². The summed E-state index contributed by atoms with van der Waals surface area (Å²) >= 11 is 0. The molecule has 0 amide bonds. The van der Waals surface area contributed by atoms with Gasteiger partial charge in [0.15, 0.2) is 0 Å².